The summed E-state index contributed by atoms with van der Waals surface area (Å²) in [6.45, 7) is 6.72. The Balaban J connectivity index is 1.60. The van der Waals surface area contributed by atoms with Gasteiger partial charge in [0.25, 0.3) is 0 Å². The Kier molecular flexibility index (Phi) is 3.67. The normalized spacial score (nSPS) is 13.2. The van der Waals surface area contributed by atoms with Crippen LogP contribution in [0.5, 0.6) is 0 Å². The van der Waals surface area contributed by atoms with Gasteiger partial charge in [-0.05, 0) is 49.9 Å². The van der Waals surface area contributed by atoms with Gasteiger partial charge in [0.05, 0.1) is 20.3 Å². The number of thiophene rings is 2. The molecule has 0 saturated carbocycles. The Hall–Kier alpha value is -2.86. The van der Waals surface area contributed by atoms with Gasteiger partial charge in [-0.25, -0.2) is 4.57 Å². The van der Waals surface area contributed by atoms with E-state index in [0.717, 1.165) is 11.2 Å². The lowest BCUT2D eigenvalue weighted by atomic mass is 9.93. The Labute approximate surface area is 208 Å². The molecule has 8 rings (SSSR count). The molecule has 2 nitrogen and oxygen atoms in total. The van der Waals surface area contributed by atoms with E-state index < -0.39 is 0 Å². The average Bonchev–Trinajstić information content (AvgIpc) is 3.49. The molecule has 0 N–H and O–H groups in total. The lowest BCUT2D eigenvalue weighted by Gasteiger charge is -2.22. The van der Waals surface area contributed by atoms with E-state index in [-0.39, 0.29) is 0 Å². The number of fused-ring (bicyclic) bond motifs is 9. The van der Waals surface area contributed by atoms with E-state index in [2.05, 4.69) is 81.0 Å². The van der Waals surface area contributed by atoms with Crippen molar-refractivity contribution in [3.8, 4) is 11.3 Å². The number of hydrogen-bond donors (Lipinski definition) is 0. The van der Waals surface area contributed by atoms with Crippen molar-refractivity contribution in [2.24, 2.45) is 7.05 Å². The molecule has 5 heterocycles. The SMILES string of the molecule is Cc1cc2sc3c4c5c([n+](C)ccc5cc3c2s1)-c1c(c(C)c2oc3ccccc3c2c1C)S4. The lowest BCUT2D eigenvalue weighted by molar-refractivity contribution is -0.659. The summed E-state index contributed by atoms with van der Waals surface area (Å²) in [4.78, 5) is 4.11. The first-order valence-electron chi connectivity index (χ1n) is 11.4. The molecule has 0 atom stereocenters. The van der Waals surface area contributed by atoms with E-state index >= 15 is 0 Å². The standard InChI is InChI=1S/C29H20NOS3/c1-13-11-20-27(32-13)18-12-16-9-10-30(4)24-22-14(2)21-17-7-5-6-8-19(17)31-25(21)15(3)26(22)34-29(23(16)24)28(18)33-20/h5-12H,1-4H3/q+1. The number of aryl methyl sites for hydroxylation is 4. The average molecular weight is 495 g/mol. The molecule has 0 aliphatic carbocycles. The Bertz CT molecular complexity index is 2040. The maximum absolute atomic E-state index is 6.44. The molecule has 0 saturated heterocycles. The summed E-state index contributed by atoms with van der Waals surface area (Å²) in [5.41, 5.74) is 7.22. The van der Waals surface area contributed by atoms with Crippen LogP contribution in [0.2, 0.25) is 0 Å². The molecule has 0 unspecified atom stereocenters. The number of pyridine rings is 1. The first-order chi connectivity index (χ1) is 16.5. The van der Waals surface area contributed by atoms with Gasteiger partial charge in [0, 0.05) is 47.2 Å². The highest BCUT2D eigenvalue weighted by Crippen LogP contribution is 2.56. The van der Waals surface area contributed by atoms with Gasteiger partial charge in [0.15, 0.2) is 6.20 Å². The second-order valence-electron chi connectivity index (χ2n) is 9.33. The van der Waals surface area contributed by atoms with Crippen molar-refractivity contribution in [2.45, 2.75) is 30.6 Å². The second-order valence-corrected chi connectivity index (χ2v) is 12.7. The number of nitrogens with zero attached hydrogens (tertiary/aromatic N) is 1. The highest BCUT2D eigenvalue weighted by Gasteiger charge is 2.34. The smallest absolute Gasteiger partial charge is 0.222 e. The van der Waals surface area contributed by atoms with Crippen LogP contribution in [-0.4, -0.2) is 0 Å². The second kappa shape index (κ2) is 6.42. The first-order valence-corrected chi connectivity index (χ1v) is 13.9. The minimum atomic E-state index is 0.965. The van der Waals surface area contributed by atoms with Crippen molar-refractivity contribution in [2.75, 3.05) is 0 Å². The molecule has 0 fully saturated rings. The van der Waals surface area contributed by atoms with E-state index in [1.807, 2.05) is 34.4 Å². The Morgan fingerprint density at radius 3 is 2.56 bits per heavy atom. The minimum absolute atomic E-state index is 0.965. The zero-order valence-corrected chi connectivity index (χ0v) is 21.6. The summed E-state index contributed by atoms with van der Waals surface area (Å²) in [5, 5.41) is 6.57. The number of hydrogen-bond acceptors (Lipinski definition) is 4. The van der Waals surface area contributed by atoms with Gasteiger partial charge < -0.3 is 4.42 Å². The molecule has 1 aliphatic heterocycles. The van der Waals surface area contributed by atoms with E-state index in [9.17, 15) is 0 Å². The molecule has 1 aliphatic rings. The quantitative estimate of drug-likeness (QED) is 0.196. The minimum Gasteiger partial charge on any atom is -0.456 e. The summed E-state index contributed by atoms with van der Waals surface area (Å²) in [7, 11) is 2.19. The fraction of sp³-hybridized carbons (Fsp3) is 0.138. The summed E-state index contributed by atoms with van der Waals surface area (Å²) in [6, 6.07) is 15.5. The fourth-order valence-electron chi connectivity index (χ4n) is 5.79. The van der Waals surface area contributed by atoms with Gasteiger partial charge in [0.2, 0.25) is 5.69 Å². The third kappa shape index (κ3) is 2.26. The zero-order valence-electron chi connectivity index (χ0n) is 19.2. The van der Waals surface area contributed by atoms with Crippen molar-refractivity contribution >= 4 is 86.6 Å². The van der Waals surface area contributed by atoms with Crippen LogP contribution in [0.1, 0.15) is 16.0 Å². The zero-order chi connectivity index (χ0) is 22.9. The van der Waals surface area contributed by atoms with Gasteiger partial charge in [0.1, 0.15) is 18.2 Å². The highest BCUT2D eigenvalue weighted by atomic mass is 32.2. The molecule has 3 aromatic carbocycles. The predicted octanol–water partition coefficient (Wildman–Crippen LogP) is 9.05. The van der Waals surface area contributed by atoms with Crippen molar-refractivity contribution in [1.82, 2.24) is 0 Å². The number of para-hydroxylation sites is 1. The molecule has 5 heteroatoms. The first kappa shape index (κ1) is 19.4. The molecule has 0 radical (unpaired) electrons. The summed E-state index contributed by atoms with van der Waals surface area (Å²) < 4.78 is 13.0. The molecule has 0 amide bonds. The number of rotatable bonds is 0. The van der Waals surface area contributed by atoms with Crippen LogP contribution >= 0.6 is 34.4 Å². The van der Waals surface area contributed by atoms with Gasteiger partial charge in [-0.2, -0.15) is 0 Å². The molecular formula is C29H20NOS3+. The van der Waals surface area contributed by atoms with E-state index in [4.69, 9.17) is 4.42 Å². The molecule has 0 bridgehead atoms. The largest absolute Gasteiger partial charge is 0.456 e. The van der Waals surface area contributed by atoms with Crippen LogP contribution in [-0.2, 0) is 7.05 Å². The topological polar surface area (TPSA) is 17.0 Å². The fourth-order valence-corrected chi connectivity index (χ4v) is 9.81. The monoisotopic (exact) mass is 494 g/mol. The predicted molar refractivity (Wildman–Crippen MR) is 147 cm³/mol. The molecule has 4 aromatic heterocycles. The van der Waals surface area contributed by atoms with Gasteiger partial charge in [-0.1, -0.05) is 30.0 Å². The van der Waals surface area contributed by atoms with Crippen molar-refractivity contribution in [1.29, 1.82) is 0 Å². The molecule has 34 heavy (non-hydrogen) atoms. The van der Waals surface area contributed by atoms with E-state index in [1.54, 1.807) is 0 Å². The molecular weight excluding hydrogens is 475 g/mol. The molecule has 7 aromatic rings. The van der Waals surface area contributed by atoms with Crippen LogP contribution in [0.4, 0.5) is 0 Å². The van der Waals surface area contributed by atoms with Crippen LogP contribution in [0.25, 0.3) is 63.5 Å². The number of benzene rings is 3. The van der Waals surface area contributed by atoms with Crippen molar-refractivity contribution in [3.63, 3.8) is 0 Å². The van der Waals surface area contributed by atoms with Crippen LogP contribution in [0.3, 0.4) is 0 Å². The van der Waals surface area contributed by atoms with Crippen molar-refractivity contribution in [3.05, 3.63) is 64.7 Å². The highest BCUT2D eigenvalue weighted by molar-refractivity contribution is 8.00. The Morgan fingerprint density at radius 2 is 1.68 bits per heavy atom. The molecule has 0 spiro atoms. The summed E-state index contributed by atoms with van der Waals surface area (Å²) in [5.74, 6) is 0. The number of aromatic nitrogens is 1. The molecule has 164 valence electrons. The maximum atomic E-state index is 6.44. The summed E-state index contributed by atoms with van der Waals surface area (Å²) >= 11 is 5.81. The van der Waals surface area contributed by atoms with Gasteiger partial charge >= 0.3 is 0 Å². The van der Waals surface area contributed by atoms with E-state index in [1.165, 1.54) is 78.1 Å². The van der Waals surface area contributed by atoms with Crippen LogP contribution in [0, 0.1) is 20.8 Å². The van der Waals surface area contributed by atoms with Gasteiger partial charge in [-0.3, -0.25) is 0 Å². The van der Waals surface area contributed by atoms with E-state index in [0.29, 0.717) is 0 Å². The Morgan fingerprint density at radius 1 is 0.824 bits per heavy atom. The van der Waals surface area contributed by atoms with Crippen LogP contribution < -0.4 is 4.57 Å². The van der Waals surface area contributed by atoms with Gasteiger partial charge in [-0.15, -0.1) is 22.7 Å². The third-order valence-electron chi connectivity index (χ3n) is 7.31. The maximum Gasteiger partial charge on any atom is 0.222 e. The number of furan rings is 1. The van der Waals surface area contributed by atoms with Crippen molar-refractivity contribution < 1.29 is 8.98 Å². The third-order valence-corrected chi connectivity index (χ3v) is 11.1. The lowest BCUT2D eigenvalue weighted by Crippen LogP contribution is -2.31. The van der Waals surface area contributed by atoms with Crippen LogP contribution in [0.15, 0.2) is 62.9 Å². The summed E-state index contributed by atoms with van der Waals surface area (Å²) in [6.07, 6.45) is 2.22.